The molecule has 0 unspecified atom stereocenters. The molecule has 0 aliphatic heterocycles. The summed E-state index contributed by atoms with van der Waals surface area (Å²) in [6, 6.07) is 0. The topological polar surface area (TPSA) is 116 Å². The molecule has 0 spiro atoms. The van der Waals surface area contributed by atoms with Crippen LogP contribution in [0.5, 0.6) is 0 Å². The zero-order valence-corrected chi connectivity index (χ0v) is 18.6. The van der Waals surface area contributed by atoms with Gasteiger partial charge in [-0.25, -0.2) is 0 Å². The summed E-state index contributed by atoms with van der Waals surface area (Å²) in [7, 11) is 0. The summed E-state index contributed by atoms with van der Waals surface area (Å²) in [6.45, 7) is 8.69. The third-order valence-corrected chi connectivity index (χ3v) is 4.55. The van der Waals surface area contributed by atoms with Gasteiger partial charge < -0.3 is 21.3 Å². The summed E-state index contributed by atoms with van der Waals surface area (Å²) < 4.78 is 0. The van der Waals surface area contributed by atoms with E-state index in [1.165, 1.54) is 0 Å². The van der Waals surface area contributed by atoms with Crippen LogP contribution in [0.25, 0.3) is 0 Å². The molecule has 0 rings (SSSR count). The molecule has 0 aromatic heterocycles. The highest BCUT2D eigenvalue weighted by Gasteiger charge is 2.32. The second kappa shape index (κ2) is 15.8. The maximum absolute atomic E-state index is 12.0. The standard InChI is InChI=1S/C21H40N4O4/c1-5-9-17(26)22-13-21(14-23-18(27)10-6-2,15-24-19(28)11-7-3)16-25-20(29)12-8-4/h5-16H2,1-4H3,(H,22,26)(H,23,27)(H,24,28)(H,25,29). The molecule has 0 aromatic carbocycles. The Kier molecular flexibility index (Phi) is 14.6. The Labute approximate surface area is 175 Å². The number of hydrogen-bond acceptors (Lipinski definition) is 4. The van der Waals surface area contributed by atoms with E-state index in [9.17, 15) is 19.2 Å². The van der Waals surface area contributed by atoms with Crippen LogP contribution in [-0.4, -0.2) is 49.8 Å². The summed E-state index contributed by atoms with van der Waals surface area (Å²) in [5.74, 6) is -0.346. The van der Waals surface area contributed by atoms with Crippen molar-refractivity contribution in [2.75, 3.05) is 26.2 Å². The fraction of sp³-hybridized carbons (Fsp3) is 0.810. The molecule has 0 saturated carbocycles. The first kappa shape index (κ1) is 26.9. The molecule has 0 atom stereocenters. The fourth-order valence-electron chi connectivity index (χ4n) is 2.78. The summed E-state index contributed by atoms with van der Waals surface area (Å²) in [4.78, 5) is 48.2. The van der Waals surface area contributed by atoms with E-state index in [-0.39, 0.29) is 49.8 Å². The van der Waals surface area contributed by atoms with E-state index in [2.05, 4.69) is 21.3 Å². The van der Waals surface area contributed by atoms with Crippen molar-refractivity contribution in [3.05, 3.63) is 0 Å². The van der Waals surface area contributed by atoms with Crippen molar-refractivity contribution in [1.29, 1.82) is 0 Å². The van der Waals surface area contributed by atoms with Crippen molar-refractivity contribution < 1.29 is 19.2 Å². The van der Waals surface area contributed by atoms with Crippen LogP contribution in [0, 0.1) is 5.41 Å². The van der Waals surface area contributed by atoms with Crippen molar-refractivity contribution in [1.82, 2.24) is 21.3 Å². The predicted octanol–water partition coefficient (Wildman–Crippen LogP) is 1.64. The first-order chi connectivity index (χ1) is 13.8. The molecule has 0 aliphatic carbocycles. The number of carbonyl (C=O) groups excluding carboxylic acids is 4. The lowest BCUT2D eigenvalue weighted by molar-refractivity contribution is -0.122. The van der Waals surface area contributed by atoms with E-state index >= 15 is 0 Å². The molecule has 0 fully saturated rings. The normalized spacial score (nSPS) is 10.9. The first-order valence-electron chi connectivity index (χ1n) is 10.9. The molecule has 0 saturated heterocycles. The Morgan fingerprint density at radius 2 is 0.690 bits per heavy atom. The SMILES string of the molecule is CCCC(=O)NCC(CNC(=O)CCC)(CNC(=O)CCC)CNC(=O)CCC. The van der Waals surface area contributed by atoms with Gasteiger partial charge in [-0.05, 0) is 25.7 Å². The van der Waals surface area contributed by atoms with E-state index < -0.39 is 5.41 Å². The Morgan fingerprint density at radius 3 is 0.862 bits per heavy atom. The van der Waals surface area contributed by atoms with Crippen molar-refractivity contribution >= 4 is 23.6 Å². The van der Waals surface area contributed by atoms with Crippen LogP contribution in [0.4, 0.5) is 0 Å². The Morgan fingerprint density at radius 1 is 0.483 bits per heavy atom. The van der Waals surface area contributed by atoms with E-state index in [1.807, 2.05) is 27.7 Å². The number of rotatable bonds is 16. The van der Waals surface area contributed by atoms with Crippen molar-refractivity contribution in [3.63, 3.8) is 0 Å². The zero-order chi connectivity index (χ0) is 22.1. The van der Waals surface area contributed by atoms with Gasteiger partial charge in [-0.3, -0.25) is 19.2 Å². The van der Waals surface area contributed by atoms with Gasteiger partial charge in [0.15, 0.2) is 0 Å². The lowest BCUT2D eigenvalue weighted by atomic mass is 9.86. The minimum Gasteiger partial charge on any atom is -0.355 e. The van der Waals surface area contributed by atoms with Crippen LogP contribution < -0.4 is 21.3 Å². The lowest BCUT2D eigenvalue weighted by Gasteiger charge is -2.35. The average Bonchev–Trinajstić information content (AvgIpc) is 2.68. The third-order valence-electron chi connectivity index (χ3n) is 4.55. The van der Waals surface area contributed by atoms with E-state index in [0.29, 0.717) is 25.7 Å². The van der Waals surface area contributed by atoms with Gasteiger partial charge in [-0.2, -0.15) is 0 Å². The van der Waals surface area contributed by atoms with Gasteiger partial charge in [-0.1, -0.05) is 27.7 Å². The zero-order valence-electron chi connectivity index (χ0n) is 18.6. The molecule has 0 radical (unpaired) electrons. The lowest BCUT2D eigenvalue weighted by Crippen LogP contribution is -2.56. The predicted molar refractivity (Wildman–Crippen MR) is 114 cm³/mol. The maximum atomic E-state index is 12.0. The maximum Gasteiger partial charge on any atom is 0.220 e. The molecule has 0 bridgehead atoms. The van der Waals surface area contributed by atoms with Crippen LogP contribution in [0.1, 0.15) is 79.1 Å². The highest BCUT2D eigenvalue weighted by atomic mass is 16.2. The molecule has 4 amide bonds. The average molecular weight is 413 g/mol. The van der Waals surface area contributed by atoms with Gasteiger partial charge in [0.25, 0.3) is 0 Å². The molecule has 8 nitrogen and oxygen atoms in total. The summed E-state index contributed by atoms with van der Waals surface area (Å²) >= 11 is 0. The number of hydrogen-bond donors (Lipinski definition) is 4. The largest absolute Gasteiger partial charge is 0.355 e. The minimum atomic E-state index is -0.709. The van der Waals surface area contributed by atoms with Crippen LogP contribution >= 0.6 is 0 Å². The summed E-state index contributed by atoms with van der Waals surface area (Å²) in [6.07, 6.45) is 4.54. The van der Waals surface area contributed by atoms with Crippen LogP contribution in [0.3, 0.4) is 0 Å². The molecule has 0 aromatic rings. The molecular formula is C21H40N4O4. The van der Waals surface area contributed by atoms with Crippen molar-refractivity contribution in [2.24, 2.45) is 5.41 Å². The van der Waals surface area contributed by atoms with Gasteiger partial charge >= 0.3 is 0 Å². The van der Waals surface area contributed by atoms with Crippen LogP contribution in [-0.2, 0) is 19.2 Å². The minimum absolute atomic E-state index is 0.0865. The smallest absolute Gasteiger partial charge is 0.220 e. The van der Waals surface area contributed by atoms with E-state index in [1.54, 1.807) is 0 Å². The fourth-order valence-corrected chi connectivity index (χ4v) is 2.78. The molecule has 4 N–H and O–H groups in total. The van der Waals surface area contributed by atoms with Gasteiger partial charge in [0.2, 0.25) is 23.6 Å². The highest BCUT2D eigenvalue weighted by molar-refractivity contribution is 5.78. The van der Waals surface area contributed by atoms with Gasteiger partial charge in [0.05, 0.1) is 0 Å². The molecule has 0 heterocycles. The third kappa shape index (κ3) is 12.9. The van der Waals surface area contributed by atoms with Crippen LogP contribution in [0.2, 0.25) is 0 Å². The Hall–Kier alpha value is -2.12. The molecular weight excluding hydrogens is 372 g/mol. The van der Waals surface area contributed by atoms with E-state index in [4.69, 9.17) is 0 Å². The molecule has 0 aliphatic rings. The second-order valence-corrected chi connectivity index (χ2v) is 7.61. The second-order valence-electron chi connectivity index (χ2n) is 7.61. The monoisotopic (exact) mass is 412 g/mol. The number of carbonyl (C=O) groups is 4. The molecule has 8 heteroatoms. The van der Waals surface area contributed by atoms with E-state index in [0.717, 1.165) is 25.7 Å². The highest BCUT2D eigenvalue weighted by Crippen LogP contribution is 2.15. The van der Waals surface area contributed by atoms with Crippen molar-refractivity contribution in [3.8, 4) is 0 Å². The molecule has 168 valence electrons. The summed E-state index contributed by atoms with van der Waals surface area (Å²) in [5.41, 5.74) is -0.709. The number of amides is 4. The first-order valence-corrected chi connectivity index (χ1v) is 10.9. The van der Waals surface area contributed by atoms with Gasteiger partial charge in [0, 0.05) is 57.3 Å². The van der Waals surface area contributed by atoms with Gasteiger partial charge in [0.1, 0.15) is 0 Å². The number of nitrogens with one attached hydrogen (secondary N) is 4. The van der Waals surface area contributed by atoms with Crippen LogP contribution in [0.15, 0.2) is 0 Å². The quantitative estimate of drug-likeness (QED) is 0.308. The van der Waals surface area contributed by atoms with Crippen molar-refractivity contribution in [2.45, 2.75) is 79.1 Å². The molecule has 29 heavy (non-hydrogen) atoms. The van der Waals surface area contributed by atoms with Gasteiger partial charge in [-0.15, -0.1) is 0 Å². The summed E-state index contributed by atoms with van der Waals surface area (Å²) in [5, 5.41) is 11.6. The Bertz CT molecular complexity index is 429. The Balaban J connectivity index is 5.35.